The molecule has 6 heteroatoms. The van der Waals surface area contributed by atoms with Crippen LogP contribution in [0.5, 0.6) is 11.5 Å². The van der Waals surface area contributed by atoms with Crippen LogP contribution >= 0.6 is 0 Å². The number of aromatic nitrogens is 1. The molecule has 136 valence electrons. The van der Waals surface area contributed by atoms with Gasteiger partial charge in [-0.05, 0) is 49.1 Å². The molecule has 27 heavy (non-hydrogen) atoms. The molecule has 0 radical (unpaired) electrons. The minimum atomic E-state index is -0.778. The second-order valence-corrected chi connectivity index (χ2v) is 6.93. The zero-order valence-electron chi connectivity index (χ0n) is 14.5. The number of carboxylic acid groups (broad SMARTS) is 1. The number of hydrogen-bond donors (Lipinski definition) is 1. The molecule has 0 amide bonds. The van der Waals surface area contributed by atoms with Crippen molar-refractivity contribution >= 4 is 22.8 Å². The van der Waals surface area contributed by atoms with Gasteiger partial charge in [0, 0.05) is 16.6 Å². The largest absolute Gasteiger partial charge is 0.481 e. The zero-order valence-corrected chi connectivity index (χ0v) is 14.5. The summed E-state index contributed by atoms with van der Waals surface area (Å²) in [5.74, 6) is -0.121. The first-order valence-electron chi connectivity index (χ1n) is 8.92. The second kappa shape index (κ2) is 5.87. The Morgan fingerprint density at radius 1 is 1.07 bits per heavy atom. The summed E-state index contributed by atoms with van der Waals surface area (Å²) in [6.45, 7) is 0.158. The normalized spacial score (nSPS) is 17.7. The molecule has 0 saturated heterocycles. The van der Waals surface area contributed by atoms with E-state index in [9.17, 15) is 14.7 Å². The SMILES string of the molecule is O=C(O)C1CCc2c(c3ccccc3n2C(=O)c2ccc3c(c2)OCO3)C1. The number of rotatable bonds is 2. The standard InChI is InChI=1S/C21H17NO5/c23-20(12-6-8-18-19(10-12)27-11-26-18)22-16-4-2-1-3-14(16)15-9-13(21(24)25)5-7-17(15)22/h1-4,6,8,10,13H,5,7,9,11H2,(H,24,25). The summed E-state index contributed by atoms with van der Waals surface area (Å²) in [5.41, 5.74) is 3.22. The highest BCUT2D eigenvalue weighted by molar-refractivity contribution is 6.04. The van der Waals surface area contributed by atoms with Crippen molar-refractivity contribution in [2.45, 2.75) is 19.3 Å². The molecule has 2 aromatic carbocycles. The van der Waals surface area contributed by atoms with E-state index in [-0.39, 0.29) is 12.7 Å². The Hall–Kier alpha value is -3.28. The van der Waals surface area contributed by atoms with Crippen molar-refractivity contribution in [3.05, 3.63) is 59.3 Å². The smallest absolute Gasteiger partial charge is 0.306 e. The summed E-state index contributed by atoms with van der Waals surface area (Å²) >= 11 is 0. The van der Waals surface area contributed by atoms with Crippen LogP contribution in [0.25, 0.3) is 10.9 Å². The Bertz CT molecular complexity index is 1100. The third-order valence-electron chi connectivity index (χ3n) is 5.44. The van der Waals surface area contributed by atoms with E-state index >= 15 is 0 Å². The Kier molecular flexibility index (Phi) is 3.47. The molecule has 0 spiro atoms. The monoisotopic (exact) mass is 363 g/mol. The van der Waals surface area contributed by atoms with Crippen LogP contribution in [0.3, 0.4) is 0 Å². The van der Waals surface area contributed by atoms with Crippen LogP contribution < -0.4 is 9.47 Å². The van der Waals surface area contributed by atoms with Crippen LogP contribution in [0.1, 0.15) is 28.0 Å². The average molecular weight is 363 g/mol. The first-order valence-corrected chi connectivity index (χ1v) is 8.92. The van der Waals surface area contributed by atoms with E-state index in [1.165, 1.54) is 0 Å². The maximum Gasteiger partial charge on any atom is 0.306 e. The van der Waals surface area contributed by atoms with Crippen LogP contribution in [0.4, 0.5) is 0 Å². The van der Waals surface area contributed by atoms with E-state index in [1.54, 1.807) is 22.8 Å². The number of para-hydroxylation sites is 1. The topological polar surface area (TPSA) is 77.8 Å². The molecule has 2 aliphatic rings. The fraction of sp³-hybridized carbons (Fsp3) is 0.238. The molecule has 1 N–H and O–H groups in total. The van der Waals surface area contributed by atoms with E-state index in [0.717, 1.165) is 22.2 Å². The fourth-order valence-corrected chi connectivity index (χ4v) is 4.11. The lowest BCUT2D eigenvalue weighted by Crippen LogP contribution is -2.24. The van der Waals surface area contributed by atoms with Gasteiger partial charge in [-0.3, -0.25) is 14.2 Å². The minimum absolute atomic E-state index is 0.139. The second-order valence-electron chi connectivity index (χ2n) is 6.93. The zero-order chi connectivity index (χ0) is 18.5. The van der Waals surface area contributed by atoms with E-state index < -0.39 is 11.9 Å². The highest BCUT2D eigenvalue weighted by Gasteiger charge is 2.31. The number of hydrogen-bond acceptors (Lipinski definition) is 4. The summed E-state index contributed by atoms with van der Waals surface area (Å²) in [6.07, 6.45) is 1.55. The number of carbonyl (C=O) groups is 2. The number of ether oxygens (including phenoxy) is 2. The summed E-state index contributed by atoms with van der Waals surface area (Å²) in [5, 5.41) is 10.4. The van der Waals surface area contributed by atoms with Gasteiger partial charge in [-0.15, -0.1) is 0 Å². The van der Waals surface area contributed by atoms with Crippen molar-refractivity contribution in [3.8, 4) is 11.5 Å². The lowest BCUT2D eigenvalue weighted by atomic mass is 9.86. The van der Waals surface area contributed by atoms with Gasteiger partial charge in [0.05, 0.1) is 11.4 Å². The molecule has 0 saturated carbocycles. The molecule has 1 aliphatic carbocycles. The Morgan fingerprint density at radius 3 is 2.74 bits per heavy atom. The van der Waals surface area contributed by atoms with E-state index in [4.69, 9.17) is 9.47 Å². The van der Waals surface area contributed by atoms with Crippen molar-refractivity contribution < 1.29 is 24.2 Å². The molecule has 1 aromatic heterocycles. The molecule has 3 aromatic rings. The van der Waals surface area contributed by atoms with Gasteiger partial charge in [-0.2, -0.15) is 0 Å². The highest BCUT2D eigenvalue weighted by atomic mass is 16.7. The Labute approximate surface area is 154 Å². The Balaban J connectivity index is 1.65. The van der Waals surface area contributed by atoms with Gasteiger partial charge >= 0.3 is 5.97 Å². The predicted molar refractivity (Wildman–Crippen MR) is 97.4 cm³/mol. The number of fused-ring (bicyclic) bond motifs is 4. The highest BCUT2D eigenvalue weighted by Crippen LogP contribution is 2.37. The van der Waals surface area contributed by atoms with Gasteiger partial charge in [0.2, 0.25) is 6.79 Å². The van der Waals surface area contributed by atoms with Gasteiger partial charge in [-0.25, -0.2) is 0 Å². The van der Waals surface area contributed by atoms with Crippen LogP contribution in [0, 0.1) is 5.92 Å². The average Bonchev–Trinajstić information content (AvgIpc) is 3.28. The lowest BCUT2D eigenvalue weighted by Gasteiger charge is -2.20. The fourth-order valence-electron chi connectivity index (χ4n) is 4.11. The first-order chi connectivity index (χ1) is 13.1. The van der Waals surface area contributed by atoms with Crippen molar-refractivity contribution in [1.82, 2.24) is 4.57 Å². The summed E-state index contributed by atoms with van der Waals surface area (Å²) in [4.78, 5) is 24.8. The third kappa shape index (κ3) is 2.40. The van der Waals surface area contributed by atoms with E-state index in [1.807, 2.05) is 24.3 Å². The van der Waals surface area contributed by atoms with Crippen molar-refractivity contribution in [3.63, 3.8) is 0 Å². The molecule has 1 aliphatic heterocycles. The predicted octanol–water partition coefficient (Wildman–Crippen LogP) is 3.25. The van der Waals surface area contributed by atoms with Crippen LogP contribution in [-0.2, 0) is 17.6 Å². The lowest BCUT2D eigenvalue weighted by molar-refractivity contribution is -0.142. The molecule has 2 heterocycles. The molecule has 6 nitrogen and oxygen atoms in total. The molecule has 0 bridgehead atoms. The van der Waals surface area contributed by atoms with Gasteiger partial charge in [0.25, 0.3) is 5.91 Å². The first kappa shape index (κ1) is 15.9. The van der Waals surface area contributed by atoms with Gasteiger partial charge < -0.3 is 14.6 Å². The summed E-state index contributed by atoms with van der Waals surface area (Å²) < 4.78 is 12.5. The molecule has 5 rings (SSSR count). The van der Waals surface area contributed by atoms with Crippen LogP contribution in [0.2, 0.25) is 0 Å². The third-order valence-corrected chi connectivity index (χ3v) is 5.44. The number of carbonyl (C=O) groups excluding carboxylic acids is 1. The maximum atomic E-state index is 13.4. The van der Waals surface area contributed by atoms with Crippen molar-refractivity contribution in [1.29, 1.82) is 0 Å². The quantitative estimate of drug-likeness (QED) is 0.756. The molecular formula is C21H17NO5. The molecule has 1 unspecified atom stereocenters. The van der Waals surface area contributed by atoms with Crippen LogP contribution in [-0.4, -0.2) is 28.3 Å². The van der Waals surface area contributed by atoms with Crippen molar-refractivity contribution in [2.75, 3.05) is 6.79 Å². The number of nitrogens with zero attached hydrogens (tertiary/aromatic N) is 1. The van der Waals surface area contributed by atoms with Crippen LogP contribution in [0.15, 0.2) is 42.5 Å². The maximum absolute atomic E-state index is 13.4. The molecular weight excluding hydrogens is 346 g/mol. The number of aliphatic carboxylic acids is 1. The molecule has 0 fully saturated rings. The van der Waals surface area contributed by atoms with Crippen molar-refractivity contribution in [2.24, 2.45) is 5.92 Å². The van der Waals surface area contributed by atoms with Gasteiger partial charge in [0.15, 0.2) is 11.5 Å². The summed E-state index contributed by atoms with van der Waals surface area (Å²) in [6, 6.07) is 12.9. The molecule has 1 atom stereocenters. The number of benzene rings is 2. The minimum Gasteiger partial charge on any atom is -0.481 e. The summed E-state index contributed by atoms with van der Waals surface area (Å²) in [7, 11) is 0. The van der Waals surface area contributed by atoms with Gasteiger partial charge in [-0.1, -0.05) is 18.2 Å². The van der Waals surface area contributed by atoms with E-state index in [2.05, 4.69) is 0 Å². The van der Waals surface area contributed by atoms with Gasteiger partial charge in [0.1, 0.15) is 0 Å². The Morgan fingerprint density at radius 2 is 1.89 bits per heavy atom. The van der Waals surface area contributed by atoms with E-state index in [0.29, 0.717) is 36.3 Å². The number of carboxylic acids is 1.